The Morgan fingerprint density at radius 3 is 2.47 bits per heavy atom. The van der Waals surface area contributed by atoms with Crippen LogP contribution >= 0.6 is 9.24 Å². The van der Waals surface area contributed by atoms with Gasteiger partial charge < -0.3 is 4.74 Å². The van der Waals surface area contributed by atoms with Gasteiger partial charge in [0.05, 0.1) is 6.61 Å². The first-order valence-electron chi connectivity index (χ1n) is 5.50. The first kappa shape index (κ1) is 12.1. The van der Waals surface area contributed by atoms with E-state index in [2.05, 4.69) is 9.24 Å². The van der Waals surface area contributed by atoms with E-state index < -0.39 is 0 Å². The second-order valence-electron chi connectivity index (χ2n) is 3.64. The highest BCUT2D eigenvalue weighted by molar-refractivity contribution is 7.28. The Kier molecular flexibility index (Phi) is 3.75. The van der Waals surface area contributed by atoms with Crippen LogP contribution in [0.5, 0.6) is 5.75 Å². The van der Waals surface area contributed by atoms with Gasteiger partial charge in [0.15, 0.2) is 11.6 Å². The second-order valence-corrected chi connectivity index (χ2v) is 4.22. The van der Waals surface area contributed by atoms with Gasteiger partial charge >= 0.3 is 0 Å². The van der Waals surface area contributed by atoms with Crippen LogP contribution in [0, 0.1) is 5.82 Å². The molecule has 0 bridgehead atoms. The number of rotatable bonds is 3. The second kappa shape index (κ2) is 5.29. The molecule has 0 N–H and O–H groups in total. The first-order valence-corrected chi connectivity index (χ1v) is 6.08. The molecular weight excluding hydrogens is 234 g/mol. The van der Waals surface area contributed by atoms with Gasteiger partial charge in [-0.25, -0.2) is 4.39 Å². The van der Waals surface area contributed by atoms with E-state index in [0.717, 1.165) is 11.1 Å². The zero-order valence-corrected chi connectivity index (χ0v) is 10.8. The monoisotopic (exact) mass is 248 g/mol. The minimum atomic E-state index is -0.307. The number of halogens is 1. The van der Waals surface area contributed by atoms with E-state index in [1.807, 2.05) is 43.3 Å². The third-order valence-electron chi connectivity index (χ3n) is 2.53. The van der Waals surface area contributed by atoms with E-state index in [1.54, 1.807) is 6.07 Å². The van der Waals surface area contributed by atoms with Gasteiger partial charge in [0, 0.05) is 5.30 Å². The summed E-state index contributed by atoms with van der Waals surface area (Å²) in [5.41, 5.74) is 1.87. The largest absolute Gasteiger partial charge is 0.491 e. The summed E-state index contributed by atoms with van der Waals surface area (Å²) >= 11 is 0. The molecule has 0 radical (unpaired) electrons. The normalized spacial score (nSPS) is 10.3. The summed E-state index contributed by atoms with van der Waals surface area (Å²) in [6.07, 6.45) is 0. The lowest BCUT2D eigenvalue weighted by Crippen LogP contribution is -2.06. The Morgan fingerprint density at radius 2 is 1.82 bits per heavy atom. The van der Waals surface area contributed by atoms with E-state index in [4.69, 9.17) is 4.74 Å². The maximum absolute atomic E-state index is 14.0. The Bertz CT molecular complexity index is 511. The van der Waals surface area contributed by atoms with Crippen molar-refractivity contribution in [3.05, 3.63) is 48.3 Å². The molecule has 0 heterocycles. The summed E-state index contributed by atoms with van der Waals surface area (Å²) in [6.45, 7) is 2.30. The molecule has 88 valence electrons. The van der Waals surface area contributed by atoms with Crippen molar-refractivity contribution in [3.8, 4) is 16.9 Å². The highest BCUT2D eigenvalue weighted by Crippen LogP contribution is 2.25. The number of benzene rings is 2. The summed E-state index contributed by atoms with van der Waals surface area (Å²) in [5.74, 6) is -0.00427. The quantitative estimate of drug-likeness (QED) is 0.756. The van der Waals surface area contributed by atoms with Gasteiger partial charge in [0.2, 0.25) is 0 Å². The van der Waals surface area contributed by atoms with Crippen molar-refractivity contribution >= 4 is 14.5 Å². The Hall–Kier alpha value is -1.40. The van der Waals surface area contributed by atoms with E-state index in [-0.39, 0.29) is 5.82 Å². The molecule has 0 saturated carbocycles. The molecule has 3 heteroatoms. The lowest BCUT2D eigenvalue weighted by Gasteiger charge is -2.11. The molecular formula is C14H14FOP. The van der Waals surface area contributed by atoms with Gasteiger partial charge in [-0.1, -0.05) is 30.3 Å². The summed E-state index contributed by atoms with van der Waals surface area (Å²) in [6, 6.07) is 13.3. The van der Waals surface area contributed by atoms with Crippen molar-refractivity contribution in [1.29, 1.82) is 0 Å². The molecule has 17 heavy (non-hydrogen) atoms. The number of hydrogen-bond acceptors (Lipinski definition) is 1. The van der Waals surface area contributed by atoms with Crippen molar-refractivity contribution in [2.24, 2.45) is 0 Å². The molecule has 0 aliphatic heterocycles. The third-order valence-corrected chi connectivity index (χ3v) is 3.09. The van der Waals surface area contributed by atoms with Gasteiger partial charge in [-0.3, -0.25) is 0 Å². The van der Waals surface area contributed by atoms with Crippen LogP contribution < -0.4 is 10.0 Å². The average Bonchev–Trinajstić information content (AvgIpc) is 2.36. The molecule has 0 fully saturated rings. The van der Waals surface area contributed by atoms with Crippen LogP contribution in [0.2, 0.25) is 0 Å². The highest BCUT2D eigenvalue weighted by Gasteiger charge is 2.11. The molecule has 0 spiro atoms. The van der Waals surface area contributed by atoms with Crippen LogP contribution in [-0.4, -0.2) is 6.61 Å². The molecule has 1 unspecified atom stereocenters. The van der Waals surface area contributed by atoms with Gasteiger partial charge in [-0.05, 0) is 30.2 Å². The lowest BCUT2D eigenvalue weighted by atomic mass is 10.1. The van der Waals surface area contributed by atoms with Crippen LogP contribution in [0.3, 0.4) is 0 Å². The van der Waals surface area contributed by atoms with Gasteiger partial charge in [-0.2, -0.15) is 0 Å². The zero-order chi connectivity index (χ0) is 12.3. The predicted molar refractivity (Wildman–Crippen MR) is 72.3 cm³/mol. The Balaban J connectivity index is 2.48. The fourth-order valence-electron chi connectivity index (χ4n) is 1.71. The highest BCUT2D eigenvalue weighted by atomic mass is 31.0. The van der Waals surface area contributed by atoms with Crippen LogP contribution in [0.15, 0.2) is 42.5 Å². The standard InChI is InChI=1S/C14H14FOP/c1-2-16-12-9-8-11(14(17)13(12)15)10-6-4-3-5-7-10/h3-9H,2,17H2,1H3. The van der Waals surface area contributed by atoms with Crippen molar-refractivity contribution in [3.63, 3.8) is 0 Å². The van der Waals surface area contributed by atoms with Crippen molar-refractivity contribution in [2.75, 3.05) is 6.61 Å². The first-order chi connectivity index (χ1) is 8.24. The minimum Gasteiger partial charge on any atom is -0.491 e. The van der Waals surface area contributed by atoms with Crippen LogP contribution in [0.1, 0.15) is 6.92 Å². The Morgan fingerprint density at radius 1 is 1.12 bits per heavy atom. The third kappa shape index (κ3) is 2.48. The predicted octanol–water partition coefficient (Wildman–Crippen LogP) is 3.39. The smallest absolute Gasteiger partial charge is 0.172 e. The number of hydrogen-bond donors (Lipinski definition) is 0. The average molecular weight is 248 g/mol. The summed E-state index contributed by atoms with van der Waals surface area (Å²) < 4.78 is 19.2. The molecule has 2 rings (SSSR count). The molecule has 2 aromatic carbocycles. The molecule has 0 aliphatic carbocycles. The molecule has 0 aromatic heterocycles. The molecule has 1 atom stereocenters. The number of ether oxygens (including phenoxy) is 1. The summed E-state index contributed by atoms with van der Waals surface area (Å²) in [5, 5.41) is 0.544. The van der Waals surface area contributed by atoms with E-state index >= 15 is 0 Å². The van der Waals surface area contributed by atoms with Gasteiger partial charge in [0.25, 0.3) is 0 Å². The zero-order valence-electron chi connectivity index (χ0n) is 9.61. The Labute approximate surface area is 103 Å². The maximum atomic E-state index is 14.0. The minimum absolute atomic E-state index is 0.303. The fourth-order valence-corrected chi connectivity index (χ4v) is 2.11. The summed E-state index contributed by atoms with van der Waals surface area (Å²) in [4.78, 5) is 0. The molecule has 2 aromatic rings. The van der Waals surface area contributed by atoms with Crippen LogP contribution in [0.4, 0.5) is 4.39 Å². The lowest BCUT2D eigenvalue weighted by molar-refractivity contribution is 0.323. The van der Waals surface area contributed by atoms with Crippen LogP contribution in [0.25, 0.3) is 11.1 Å². The summed E-state index contributed by atoms with van der Waals surface area (Å²) in [7, 11) is 2.45. The fraction of sp³-hybridized carbons (Fsp3) is 0.143. The topological polar surface area (TPSA) is 9.23 Å². The molecule has 0 aliphatic rings. The van der Waals surface area contributed by atoms with Crippen LogP contribution in [-0.2, 0) is 0 Å². The van der Waals surface area contributed by atoms with Crippen molar-refractivity contribution < 1.29 is 9.13 Å². The van der Waals surface area contributed by atoms with Gasteiger partial charge in [-0.15, -0.1) is 9.24 Å². The van der Waals surface area contributed by atoms with Crippen molar-refractivity contribution in [2.45, 2.75) is 6.92 Å². The molecule has 1 nitrogen and oxygen atoms in total. The molecule has 0 saturated heterocycles. The van der Waals surface area contributed by atoms with E-state index in [9.17, 15) is 4.39 Å². The van der Waals surface area contributed by atoms with Crippen molar-refractivity contribution in [1.82, 2.24) is 0 Å². The van der Waals surface area contributed by atoms with E-state index in [1.165, 1.54) is 0 Å². The van der Waals surface area contributed by atoms with E-state index in [0.29, 0.717) is 17.7 Å². The SMILES string of the molecule is CCOc1ccc(-c2ccccc2)c(P)c1F. The maximum Gasteiger partial charge on any atom is 0.172 e. The molecule has 0 amide bonds. The van der Waals surface area contributed by atoms with Gasteiger partial charge in [0.1, 0.15) is 0 Å².